The molecule has 1 aromatic rings. The van der Waals surface area contributed by atoms with Crippen molar-refractivity contribution < 1.29 is 0 Å². The van der Waals surface area contributed by atoms with Crippen LogP contribution in [0.2, 0.25) is 0 Å². The van der Waals surface area contributed by atoms with Crippen LogP contribution in [-0.4, -0.2) is 25.2 Å². The third-order valence-corrected chi connectivity index (χ3v) is 4.17. The highest BCUT2D eigenvalue weighted by Gasteiger charge is 2.29. The summed E-state index contributed by atoms with van der Waals surface area (Å²) in [6.07, 6.45) is 2.53. The molecule has 0 amide bonds. The van der Waals surface area contributed by atoms with Gasteiger partial charge >= 0.3 is 0 Å². The Morgan fingerprint density at radius 1 is 1.37 bits per heavy atom. The summed E-state index contributed by atoms with van der Waals surface area (Å²) >= 11 is 0. The van der Waals surface area contributed by atoms with Crippen LogP contribution in [0.25, 0.3) is 0 Å². The number of anilines is 1. The summed E-state index contributed by atoms with van der Waals surface area (Å²) in [5.41, 5.74) is 2.74. The summed E-state index contributed by atoms with van der Waals surface area (Å²) in [4.78, 5) is 2.62. The van der Waals surface area contributed by atoms with Crippen molar-refractivity contribution in [3.8, 4) is 0 Å². The van der Waals surface area contributed by atoms with Crippen molar-refractivity contribution >= 4 is 5.69 Å². The molecule has 1 fully saturated rings. The minimum Gasteiger partial charge on any atom is -0.365 e. The number of hydrogen-bond donors (Lipinski definition) is 1. The van der Waals surface area contributed by atoms with E-state index in [0.29, 0.717) is 18.0 Å². The minimum absolute atomic E-state index is 0.606. The molecule has 1 aliphatic rings. The van der Waals surface area contributed by atoms with Crippen LogP contribution in [0.3, 0.4) is 0 Å². The number of rotatable bonds is 4. The first kappa shape index (κ1) is 14.4. The van der Waals surface area contributed by atoms with Crippen LogP contribution in [0.5, 0.6) is 0 Å². The van der Waals surface area contributed by atoms with E-state index in [1.54, 1.807) is 0 Å². The van der Waals surface area contributed by atoms with Gasteiger partial charge in [0.15, 0.2) is 0 Å². The van der Waals surface area contributed by atoms with E-state index in [2.05, 4.69) is 62.2 Å². The molecule has 1 heterocycles. The Balaban J connectivity index is 2.20. The maximum atomic E-state index is 3.72. The topological polar surface area (TPSA) is 15.3 Å². The molecule has 2 heteroatoms. The molecule has 0 aromatic heterocycles. The Bertz CT molecular complexity index is 400. The average molecular weight is 260 g/mol. The number of piperazine rings is 1. The highest BCUT2D eigenvalue weighted by molar-refractivity contribution is 5.50. The highest BCUT2D eigenvalue weighted by Crippen LogP contribution is 2.25. The Labute approximate surface area is 118 Å². The summed E-state index contributed by atoms with van der Waals surface area (Å²) in [6.45, 7) is 11.4. The normalized spacial score (nSPS) is 23.9. The van der Waals surface area contributed by atoms with Gasteiger partial charge in [-0.05, 0) is 37.0 Å². The number of nitrogens with one attached hydrogen (secondary N) is 1. The number of nitrogens with zero attached hydrogens (tertiary/aromatic N) is 1. The van der Waals surface area contributed by atoms with Gasteiger partial charge in [-0.15, -0.1) is 0 Å². The third kappa shape index (κ3) is 3.50. The molecule has 19 heavy (non-hydrogen) atoms. The zero-order chi connectivity index (χ0) is 13.8. The lowest BCUT2D eigenvalue weighted by molar-refractivity contribution is 0.327. The molecule has 0 spiro atoms. The monoisotopic (exact) mass is 260 g/mol. The first-order valence-electron chi connectivity index (χ1n) is 7.68. The molecule has 0 aliphatic carbocycles. The van der Waals surface area contributed by atoms with Crippen LogP contribution in [-0.2, 0) is 0 Å². The quantitative estimate of drug-likeness (QED) is 0.890. The predicted molar refractivity (Wildman–Crippen MR) is 83.8 cm³/mol. The van der Waals surface area contributed by atoms with E-state index in [1.165, 1.54) is 24.1 Å². The fourth-order valence-electron chi connectivity index (χ4n) is 3.08. The van der Waals surface area contributed by atoms with Crippen LogP contribution in [0.15, 0.2) is 24.3 Å². The predicted octanol–water partition coefficient (Wildman–Crippen LogP) is 3.60. The molecule has 0 radical (unpaired) electrons. The van der Waals surface area contributed by atoms with Gasteiger partial charge in [-0.1, -0.05) is 39.3 Å². The summed E-state index contributed by atoms with van der Waals surface area (Å²) < 4.78 is 0. The molecule has 0 saturated carbocycles. The lowest BCUT2D eigenvalue weighted by Gasteiger charge is -2.44. The first-order valence-corrected chi connectivity index (χ1v) is 7.68. The molecular weight excluding hydrogens is 232 g/mol. The molecule has 1 aliphatic heterocycles. The van der Waals surface area contributed by atoms with Gasteiger partial charge in [0.2, 0.25) is 0 Å². The summed E-state index contributed by atoms with van der Waals surface area (Å²) in [5.74, 6) is 0.676. The van der Waals surface area contributed by atoms with Crippen molar-refractivity contribution in [1.29, 1.82) is 0 Å². The zero-order valence-electron chi connectivity index (χ0n) is 12.8. The van der Waals surface area contributed by atoms with Gasteiger partial charge in [-0.3, -0.25) is 0 Å². The average Bonchev–Trinajstić information content (AvgIpc) is 2.39. The van der Waals surface area contributed by atoms with E-state index >= 15 is 0 Å². The van der Waals surface area contributed by atoms with Gasteiger partial charge in [0.25, 0.3) is 0 Å². The second-order valence-electron chi connectivity index (χ2n) is 6.20. The lowest BCUT2D eigenvalue weighted by Crippen LogP contribution is -2.58. The van der Waals surface area contributed by atoms with Crippen LogP contribution in [0.1, 0.15) is 39.2 Å². The second-order valence-corrected chi connectivity index (χ2v) is 6.20. The zero-order valence-corrected chi connectivity index (χ0v) is 12.8. The van der Waals surface area contributed by atoms with E-state index in [1.807, 2.05) is 0 Å². The van der Waals surface area contributed by atoms with Crippen LogP contribution in [0, 0.1) is 12.8 Å². The molecular formula is C17H28N2. The number of aryl methyl sites for hydroxylation is 1. The Morgan fingerprint density at radius 2 is 2.16 bits per heavy atom. The van der Waals surface area contributed by atoms with Crippen molar-refractivity contribution in [3.05, 3.63) is 29.8 Å². The minimum atomic E-state index is 0.606. The lowest BCUT2D eigenvalue weighted by atomic mass is 9.96. The molecule has 2 unspecified atom stereocenters. The van der Waals surface area contributed by atoms with Gasteiger partial charge in [0, 0.05) is 30.9 Å². The van der Waals surface area contributed by atoms with Crippen LogP contribution in [0.4, 0.5) is 5.69 Å². The van der Waals surface area contributed by atoms with Crippen molar-refractivity contribution in [3.63, 3.8) is 0 Å². The molecule has 0 bridgehead atoms. The van der Waals surface area contributed by atoms with E-state index < -0.39 is 0 Å². The van der Waals surface area contributed by atoms with Gasteiger partial charge in [-0.2, -0.15) is 0 Å². The van der Waals surface area contributed by atoms with Gasteiger partial charge in [0.1, 0.15) is 0 Å². The fourth-order valence-corrected chi connectivity index (χ4v) is 3.08. The van der Waals surface area contributed by atoms with E-state index in [4.69, 9.17) is 0 Å². The maximum Gasteiger partial charge on any atom is 0.0438 e. The molecule has 1 N–H and O–H groups in total. The number of benzene rings is 1. The maximum absolute atomic E-state index is 3.72. The van der Waals surface area contributed by atoms with E-state index in [-0.39, 0.29) is 0 Å². The molecule has 106 valence electrons. The molecule has 1 saturated heterocycles. The van der Waals surface area contributed by atoms with E-state index in [9.17, 15) is 0 Å². The van der Waals surface area contributed by atoms with Crippen molar-refractivity contribution in [1.82, 2.24) is 5.32 Å². The number of hydrogen-bond acceptors (Lipinski definition) is 2. The molecule has 1 aromatic carbocycles. The van der Waals surface area contributed by atoms with Crippen molar-refractivity contribution in [2.24, 2.45) is 5.92 Å². The third-order valence-electron chi connectivity index (χ3n) is 4.17. The molecule has 2 atom stereocenters. The largest absolute Gasteiger partial charge is 0.365 e. The van der Waals surface area contributed by atoms with Gasteiger partial charge in [0.05, 0.1) is 0 Å². The second kappa shape index (κ2) is 6.42. The summed E-state index contributed by atoms with van der Waals surface area (Å²) in [6, 6.07) is 10.2. The van der Waals surface area contributed by atoms with E-state index in [0.717, 1.165) is 13.1 Å². The first-order chi connectivity index (χ1) is 9.11. The summed E-state index contributed by atoms with van der Waals surface area (Å²) in [5, 5.41) is 3.72. The Kier molecular flexibility index (Phi) is 4.87. The molecule has 2 nitrogen and oxygen atoms in total. The van der Waals surface area contributed by atoms with Crippen molar-refractivity contribution in [2.45, 2.75) is 52.6 Å². The smallest absolute Gasteiger partial charge is 0.0438 e. The van der Waals surface area contributed by atoms with Crippen LogP contribution >= 0.6 is 0 Å². The highest BCUT2D eigenvalue weighted by atomic mass is 15.2. The standard InChI is InChI=1S/C17H28N2/c1-5-7-15-12-19(17(11-18-15)13(2)3)16-9-6-8-14(4)10-16/h6,8-10,13,15,17-18H,5,7,11-12H2,1-4H3. The van der Waals surface area contributed by atoms with Gasteiger partial charge < -0.3 is 10.2 Å². The SMILES string of the molecule is CCCC1CN(c2cccc(C)c2)C(C(C)C)CN1. The summed E-state index contributed by atoms with van der Waals surface area (Å²) in [7, 11) is 0. The fraction of sp³-hybridized carbons (Fsp3) is 0.647. The molecule has 2 rings (SSSR count). The van der Waals surface area contributed by atoms with Crippen LogP contribution < -0.4 is 10.2 Å². The van der Waals surface area contributed by atoms with Gasteiger partial charge in [-0.25, -0.2) is 0 Å². The Hall–Kier alpha value is -1.02. The van der Waals surface area contributed by atoms with Crippen molar-refractivity contribution in [2.75, 3.05) is 18.0 Å². The Morgan fingerprint density at radius 3 is 2.79 bits per heavy atom.